The summed E-state index contributed by atoms with van der Waals surface area (Å²) in [5.74, 6) is 1.93. The molecule has 0 bridgehead atoms. The molecule has 1 saturated heterocycles. The van der Waals surface area contributed by atoms with E-state index in [1.807, 2.05) is 35.2 Å². The van der Waals surface area contributed by atoms with Crippen molar-refractivity contribution in [2.24, 2.45) is 0 Å². The molecule has 2 aromatic carbocycles. The predicted molar refractivity (Wildman–Crippen MR) is 114 cm³/mol. The topological polar surface area (TPSA) is 54.0 Å². The Labute approximate surface area is 172 Å². The Bertz CT molecular complexity index is 874. The second-order valence-corrected chi connectivity index (χ2v) is 7.93. The minimum Gasteiger partial charge on any atom is -0.497 e. The molecule has 154 valence electrons. The van der Waals surface area contributed by atoms with Crippen LogP contribution in [0.25, 0.3) is 0 Å². The lowest BCUT2D eigenvalue weighted by molar-refractivity contribution is 0.0664. The number of hydrogen-bond donors (Lipinski definition) is 1. The fourth-order valence-corrected chi connectivity index (χ4v) is 3.95. The third kappa shape index (κ3) is 4.32. The third-order valence-corrected chi connectivity index (χ3v) is 5.68. The number of hydrogen-bond acceptors (Lipinski definition) is 5. The maximum atomic E-state index is 12.7. The zero-order chi connectivity index (χ0) is 20.4. The van der Waals surface area contributed by atoms with Gasteiger partial charge in [-0.15, -0.1) is 0 Å². The standard InChI is InChI=1S/C23H29N3O3/c1-16-12-18-13-21(28-3)14-19(22(18)29-16)15-24-20-6-4-17(5-7-20)23(27)26-10-8-25(2)9-11-26/h4-7,13-14,16,24H,8-12,15H2,1-3H3. The molecular weight excluding hydrogens is 366 g/mol. The van der Waals surface area contributed by atoms with Crippen LogP contribution < -0.4 is 14.8 Å². The monoisotopic (exact) mass is 395 g/mol. The predicted octanol–water partition coefficient (Wildman–Crippen LogP) is 3.02. The minimum absolute atomic E-state index is 0.109. The van der Waals surface area contributed by atoms with Crippen LogP contribution >= 0.6 is 0 Å². The first-order chi connectivity index (χ1) is 14.0. The lowest BCUT2D eigenvalue weighted by Gasteiger charge is -2.32. The Morgan fingerprint density at radius 1 is 1.17 bits per heavy atom. The number of nitrogens with one attached hydrogen (secondary N) is 1. The summed E-state index contributed by atoms with van der Waals surface area (Å²) in [6.45, 7) is 6.15. The summed E-state index contributed by atoms with van der Waals surface area (Å²) in [5, 5.41) is 3.44. The van der Waals surface area contributed by atoms with E-state index in [0.29, 0.717) is 6.54 Å². The van der Waals surface area contributed by atoms with Crippen LogP contribution in [-0.4, -0.2) is 62.1 Å². The van der Waals surface area contributed by atoms with Gasteiger partial charge in [-0.3, -0.25) is 4.79 Å². The summed E-state index contributed by atoms with van der Waals surface area (Å²) in [4.78, 5) is 16.9. The molecule has 1 amide bonds. The average Bonchev–Trinajstić information content (AvgIpc) is 3.12. The van der Waals surface area contributed by atoms with Crippen molar-refractivity contribution in [3.8, 4) is 11.5 Å². The number of rotatable bonds is 5. The zero-order valence-corrected chi connectivity index (χ0v) is 17.4. The first-order valence-electron chi connectivity index (χ1n) is 10.2. The minimum atomic E-state index is 0.109. The lowest BCUT2D eigenvalue weighted by atomic mass is 10.1. The van der Waals surface area contributed by atoms with Crippen LogP contribution in [0.2, 0.25) is 0 Å². The number of carbonyl (C=O) groups is 1. The van der Waals surface area contributed by atoms with Crippen molar-refractivity contribution in [2.75, 3.05) is 45.7 Å². The Morgan fingerprint density at radius 2 is 1.90 bits per heavy atom. The highest BCUT2D eigenvalue weighted by molar-refractivity contribution is 5.94. The molecule has 0 spiro atoms. The summed E-state index contributed by atoms with van der Waals surface area (Å²) < 4.78 is 11.4. The number of carbonyl (C=O) groups excluding carboxylic acids is 1. The maximum absolute atomic E-state index is 12.7. The number of methoxy groups -OCH3 is 1. The van der Waals surface area contributed by atoms with Gasteiger partial charge in [0.25, 0.3) is 5.91 Å². The molecule has 2 heterocycles. The second kappa shape index (κ2) is 8.33. The molecule has 0 radical (unpaired) electrons. The Hall–Kier alpha value is -2.73. The van der Waals surface area contributed by atoms with Gasteiger partial charge in [-0.05, 0) is 50.4 Å². The maximum Gasteiger partial charge on any atom is 0.253 e. The SMILES string of the molecule is COc1cc(CNc2ccc(C(=O)N3CCN(C)CC3)cc2)c2c(c1)CC(C)O2. The van der Waals surface area contributed by atoms with Crippen LogP contribution in [0.15, 0.2) is 36.4 Å². The molecule has 1 N–H and O–H groups in total. The highest BCUT2D eigenvalue weighted by Crippen LogP contribution is 2.36. The number of fused-ring (bicyclic) bond motifs is 1. The van der Waals surface area contributed by atoms with Gasteiger partial charge in [0.2, 0.25) is 0 Å². The van der Waals surface area contributed by atoms with Gasteiger partial charge in [0.15, 0.2) is 0 Å². The van der Waals surface area contributed by atoms with Crippen LogP contribution in [0.5, 0.6) is 11.5 Å². The molecule has 0 saturated carbocycles. The molecule has 2 aliphatic rings. The molecule has 1 fully saturated rings. The normalized spacial score (nSPS) is 18.9. The average molecular weight is 396 g/mol. The van der Waals surface area contributed by atoms with E-state index in [4.69, 9.17) is 9.47 Å². The molecular formula is C23H29N3O3. The zero-order valence-electron chi connectivity index (χ0n) is 17.4. The number of likely N-dealkylation sites (N-methyl/N-ethyl adjacent to an activating group) is 1. The molecule has 29 heavy (non-hydrogen) atoms. The van der Waals surface area contributed by atoms with E-state index in [2.05, 4.69) is 30.3 Å². The van der Waals surface area contributed by atoms with Crippen molar-refractivity contribution in [3.63, 3.8) is 0 Å². The van der Waals surface area contributed by atoms with Crippen LogP contribution in [0, 0.1) is 0 Å². The first-order valence-corrected chi connectivity index (χ1v) is 10.2. The van der Waals surface area contributed by atoms with Gasteiger partial charge in [0.05, 0.1) is 7.11 Å². The molecule has 2 aromatic rings. The summed E-state index contributed by atoms with van der Waals surface area (Å²) in [5.41, 5.74) is 3.99. The quantitative estimate of drug-likeness (QED) is 0.844. The second-order valence-electron chi connectivity index (χ2n) is 7.93. The van der Waals surface area contributed by atoms with Gasteiger partial charge in [0, 0.05) is 61.5 Å². The number of nitrogens with zero attached hydrogens (tertiary/aromatic N) is 2. The highest BCUT2D eigenvalue weighted by atomic mass is 16.5. The van der Waals surface area contributed by atoms with Crippen LogP contribution in [0.3, 0.4) is 0 Å². The largest absolute Gasteiger partial charge is 0.497 e. The molecule has 2 aliphatic heterocycles. The number of anilines is 1. The summed E-state index contributed by atoms with van der Waals surface area (Å²) in [6, 6.07) is 11.8. The van der Waals surface area contributed by atoms with Crippen molar-refractivity contribution in [2.45, 2.75) is 26.0 Å². The summed E-state index contributed by atoms with van der Waals surface area (Å²) in [6.07, 6.45) is 1.10. The third-order valence-electron chi connectivity index (χ3n) is 5.68. The van der Waals surface area contributed by atoms with Crippen molar-refractivity contribution in [3.05, 3.63) is 53.1 Å². The van der Waals surface area contributed by atoms with Gasteiger partial charge in [0.1, 0.15) is 17.6 Å². The summed E-state index contributed by atoms with van der Waals surface area (Å²) >= 11 is 0. The highest BCUT2D eigenvalue weighted by Gasteiger charge is 2.23. The van der Waals surface area contributed by atoms with Crippen molar-refractivity contribution < 1.29 is 14.3 Å². The van der Waals surface area contributed by atoms with Crippen LogP contribution in [0.4, 0.5) is 5.69 Å². The van der Waals surface area contributed by atoms with Crippen LogP contribution in [-0.2, 0) is 13.0 Å². The first kappa shape index (κ1) is 19.6. The molecule has 0 aliphatic carbocycles. The molecule has 1 atom stereocenters. The molecule has 1 unspecified atom stereocenters. The van der Waals surface area contributed by atoms with E-state index in [-0.39, 0.29) is 12.0 Å². The number of ether oxygens (including phenoxy) is 2. The van der Waals surface area contributed by atoms with Crippen LogP contribution in [0.1, 0.15) is 28.4 Å². The van der Waals surface area contributed by atoms with E-state index >= 15 is 0 Å². The fourth-order valence-electron chi connectivity index (χ4n) is 3.95. The summed E-state index contributed by atoms with van der Waals surface area (Å²) in [7, 11) is 3.78. The molecule has 6 heteroatoms. The van der Waals surface area contributed by atoms with Gasteiger partial charge in [-0.2, -0.15) is 0 Å². The Morgan fingerprint density at radius 3 is 2.59 bits per heavy atom. The van der Waals surface area contributed by atoms with E-state index in [0.717, 1.165) is 60.9 Å². The molecule has 0 aromatic heterocycles. The van der Waals surface area contributed by atoms with Gasteiger partial charge >= 0.3 is 0 Å². The fraction of sp³-hybridized carbons (Fsp3) is 0.435. The van der Waals surface area contributed by atoms with Gasteiger partial charge in [-0.1, -0.05) is 0 Å². The van der Waals surface area contributed by atoms with E-state index in [1.165, 1.54) is 5.56 Å². The number of piperazine rings is 1. The smallest absolute Gasteiger partial charge is 0.253 e. The van der Waals surface area contributed by atoms with Gasteiger partial charge < -0.3 is 24.6 Å². The van der Waals surface area contributed by atoms with E-state index < -0.39 is 0 Å². The van der Waals surface area contributed by atoms with E-state index in [1.54, 1.807) is 7.11 Å². The number of amides is 1. The van der Waals surface area contributed by atoms with Crippen molar-refractivity contribution in [1.29, 1.82) is 0 Å². The van der Waals surface area contributed by atoms with Crippen molar-refractivity contribution >= 4 is 11.6 Å². The Kier molecular flexibility index (Phi) is 5.62. The Balaban J connectivity index is 1.41. The molecule has 4 rings (SSSR count). The molecule has 6 nitrogen and oxygen atoms in total. The number of benzene rings is 2. The van der Waals surface area contributed by atoms with E-state index in [9.17, 15) is 4.79 Å². The lowest BCUT2D eigenvalue weighted by Crippen LogP contribution is -2.47. The van der Waals surface area contributed by atoms with Gasteiger partial charge in [-0.25, -0.2) is 0 Å². The van der Waals surface area contributed by atoms with Crippen molar-refractivity contribution in [1.82, 2.24) is 9.80 Å².